The van der Waals surface area contributed by atoms with Crippen molar-refractivity contribution in [2.75, 3.05) is 46.6 Å². The van der Waals surface area contributed by atoms with E-state index < -0.39 is 12.3 Å². The summed E-state index contributed by atoms with van der Waals surface area (Å²) in [5, 5.41) is 20.6. The quantitative estimate of drug-likeness (QED) is 0.431. The fraction of sp³-hybridized carbons (Fsp3) is 0.565. The first-order chi connectivity index (χ1) is 15.3. The number of methoxy groups -OCH3 is 1. The molecule has 176 valence electrons. The fourth-order valence-electron chi connectivity index (χ4n) is 3.99. The molecule has 0 aliphatic carbocycles. The third-order valence-electron chi connectivity index (χ3n) is 5.84. The number of allylic oxidation sites excluding steroid dienone is 2. The minimum atomic E-state index is -1.42. The molecule has 1 aromatic rings. The summed E-state index contributed by atoms with van der Waals surface area (Å²) in [4.78, 5) is 26.3. The number of fused-ring (bicyclic) bond motifs is 1. The van der Waals surface area contributed by atoms with Crippen molar-refractivity contribution in [1.82, 2.24) is 4.90 Å². The van der Waals surface area contributed by atoms with Crippen LogP contribution in [0.15, 0.2) is 11.6 Å². The summed E-state index contributed by atoms with van der Waals surface area (Å²) in [6.07, 6.45) is 1.53. The van der Waals surface area contributed by atoms with Gasteiger partial charge >= 0.3 is 11.9 Å². The van der Waals surface area contributed by atoms with Gasteiger partial charge in [-0.3, -0.25) is 9.69 Å². The van der Waals surface area contributed by atoms with Crippen LogP contribution in [-0.4, -0.2) is 73.6 Å². The van der Waals surface area contributed by atoms with E-state index in [1.807, 2.05) is 13.0 Å². The van der Waals surface area contributed by atoms with Crippen LogP contribution in [0.3, 0.4) is 0 Å². The van der Waals surface area contributed by atoms with Crippen molar-refractivity contribution in [3.05, 3.63) is 33.9 Å². The van der Waals surface area contributed by atoms with Crippen LogP contribution < -0.4 is 4.74 Å². The summed E-state index contributed by atoms with van der Waals surface area (Å²) in [5.74, 6) is -0.880. The number of rotatable bonds is 9. The Kier molecular flexibility index (Phi) is 8.11. The van der Waals surface area contributed by atoms with Gasteiger partial charge in [-0.05, 0) is 26.7 Å². The maximum Gasteiger partial charge on any atom is 0.345 e. The van der Waals surface area contributed by atoms with E-state index in [0.717, 1.165) is 18.7 Å². The summed E-state index contributed by atoms with van der Waals surface area (Å²) >= 11 is 0. The van der Waals surface area contributed by atoms with E-state index in [-0.39, 0.29) is 29.3 Å². The van der Waals surface area contributed by atoms with Crippen molar-refractivity contribution < 1.29 is 38.7 Å². The molecule has 9 nitrogen and oxygen atoms in total. The lowest BCUT2D eigenvalue weighted by atomic mass is 9.94. The Hall–Kier alpha value is -2.62. The van der Waals surface area contributed by atoms with Gasteiger partial charge in [-0.15, -0.1) is 0 Å². The first kappa shape index (κ1) is 24.0. The smallest absolute Gasteiger partial charge is 0.345 e. The highest BCUT2D eigenvalue weighted by Crippen LogP contribution is 2.45. The zero-order valence-electron chi connectivity index (χ0n) is 18.8. The Balaban J connectivity index is 1.56. The number of ether oxygens (including phenoxy) is 4. The Morgan fingerprint density at radius 2 is 2.00 bits per heavy atom. The van der Waals surface area contributed by atoms with Gasteiger partial charge in [0, 0.05) is 42.7 Å². The largest absolute Gasteiger partial charge is 0.507 e. The summed E-state index contributed by atoms with van der Waals surface area (Å²) in [6.45, 7) is 7.80. The molecule has 1 atom stereocenters. The van der Waals surface area contributed by atoms with Crippen molar-refractivity contribution in [2.24, 2.45) is 0 Å². The van der Waals surface area contributed by atoms with Gasteiger partial charge in [-0.25, -0.2) is 4.79 Å². The van der Waals surface area contributed by atoms with E-state index in [2.05, 4.69) is 4.90 Å². The minimum absolute atomic E-state index is 0.0271. The molecule has 0 bridgehead atoms. The van der Waals surface area contributed by atoms with Crippen molar-refractivity contribution >= 4 is 11.9 Å². The Bertz CT molecular complexity index is 889. The average molecular weight is 450 g/mol. The highest BCUT2D eigenvalue weighted by Gasteiger charge is 2.37. The number of aromatic hydroxyl groups is 1. The number of carbonyl (C=O) groups is 2. The predicted octanol–water partition coefficient (Wildman–Crippen LogP) is 2.01. The average Bonchev–Trinajstić information content (AvgIpc) is 3.08. The Labute approximate surface area is 187 Å². The number of hydrogen-bond acceptors (Lipinski definition) is 9. The molecule has 0 amide bonds. The van der Waals surface area contributed by atoms with E-state index in [0.29, 0.717) is 56.1 Å². The number of carbonyl (C=O) groups excluding carboxylic acids is 2. The highest BCUT2D eigenvalue weighted by atomic mass is 16.6. The summed E-state index contributed by atoms with van der Waals surface area (Å²) in [5.41, 5.74) is 2.12. The summed E-state index contributed by atoms with van der Waals surface area (Å²) in [6, 6.07) is 0. The first-order valence-corrected chi connectivity index (χ1v) is 10.8. The molecular weight excluding hydrogens is 418 g/mol. The first-order valence-electron chi connectivity index (χ1n) is 10.8. The number of benzene rings is 1. The molecular formula is C23H31NO8. The monoisotopic (exact) mass is 449 g/mol. The number of aliphatic hydroxyl groups excluding tert-OH is 1. The number of aliphatic hydroxyl groups is 1. The maximum atomic E-state index is 12.0. The number of morpholine rings is 1. The summed E-state index contributed by atoms with van der Waals surface area (Å²) < 4.78 is 20.9. The van der Waals surface area contributed by atoms with Gasteiger partial charge in [0.25, 0.3) is 0 Å². The number of nitrogens with zero attached hydrogens (tertiary/aromatic N) is 1. The van der Waals surface area contributed by atoms with Gasteiger partial charge in [0.2, 0.25) is 6.29 Å². The molecule has 2 aliphatic heterocycles. The van der Waals surface area contributed by atoms with Crippen LogP contribution in [0.25, 0.3) is 0 Å². The zero-order valence-corrected chi connectivity index (χ0v) is 18.8. The molecule has 1 aromatic carbocycles. The molecule has 0 unspecified atom stereocenters. The maximum absolute atomic E-state index is 12.0. The minimum Gasteiger partial charge on any atom is -0.507 e. The number of phenols is 1. The molecule has 2 heterocycles. The van der Waals surface area contributed by atoms with E-state index in [9.17, 15) is 19.8 Å². The van der Waals surface area contributed by atoms with Crippen LogP contribution in [0.2, 0.25) is 0 Å². The Morgan fingerprint density at radius 1 is 1.28 bits per heavy atom. The van der Waals surface area contributed by atoms with Crippen molar-refractivity contribution in [1.29, 1.82) is 0 Å². The predicted molar refractivity (Wildman–Crippen MR) is 115 cm³/mol. The lowest BCUT2D eigenvalue weighted by molar-refractivity contribution is -0.144. The lowest BCUT2D eigenvalue weighted by Crippen LogP contribution is -2.38. The second-order valence-electron chi connectivity index (χ2n) is 7.96. The van der Waals surface area contributed by atoms with Crippen LogP contribution in [0.4, 0.5) is 0 Å². The fourth-order valence-corrected chi connectivity index (χ4v) is 3.99. The highest BCUT2D eigenvalue weighted by molar-refractivity contribution is 5.98. The Morgan fingerprint density at radius 3 is 2.69 bits per heavy atom. The van der Waals surface area contributed by atoms with Gasteiger partial charge in [0.05, 0.1) is 20.3 Å². The number of phenolic OH excluding ortho intramolecular Hbond substituents is 1. The number of esters is 2. The normalized spacial score (nSPS) is 18.9. The van der Waals surface area contributed by atoms with E-state index in [4.69, 9.17) is 18.9 Å². The molecule has 0 radical (unpaired) electrons. The molecule has 2 N–H and O–H groups in total. The topological polar surface area (TPSA) is 115 Å². The third-order valence-corrected chi connectivity index (χ3v) is 5.84. The van der Waals surface area contributed by atoms with Crippen molar-refractivity contribution in [2.45, 2.75) is 39.4 Å². The summed E-state index contributed by atoms with van der Waals surface area (Å²) in [7, 11) is 1.46. The van der Waals surface area contributed by atoms with Crippen molar-refractivity contribution in [3.8, 4) is 11.5 Å². The lowest BCUT2D eigenvalue weighted by Gasteiger charge is -2.26. The molecule has 1 fully saturated rings. The molecule has 0 saturated carbocycles. The van der Waals surface area contributed by atoms with Gasteiger partial charge < -0.3 is 29.2 Å². The molecule has 0 aromatic heterocycles. The molecule has 9 heteroatoms. The molecule has 32 heavy (non-hydrogen) atoms. The standard InChI is InChI=1S/C23H31NO8/c1-14(5-7-17(25)31-13-10-24-8-11-30-12-9-24)4-6-16-20(26)19-18(15(2)21(16)29-3)22(27)32-23(19)28/h4,22,26-27H,5-13H2,1-3H3/b14-4+/t22-/m0/s1. The molecule has 0 spiro atoms. The number of cyclic esters (lactones) is 1. The molecule has 2 aliphatic rings. The van der Waals surface area contributed by atoms with E-state index in [1.165, 1.54) is 7.11 Å². The zero-order chi connectivity index (χ0) is 23.3. The van der Waals surface area contributed by atoms with Crippen molar-refractivity contribution in [3.63, 3.8) is 0 Å². The SMILES string of the molecule is COc1c(C)c2c(c(O)c1C/C=C(\C)CCC(=O)OCCN1CCOCC1)C(=O)O[C@@H]2O. The third kappa shape index (κ3) is 5.40. The molecule has 1 saturated heterocycles. The van der Waals surface area contributed by atoms with Crippen LogP contribution in [0.1, 0.15) is 53.1 Å². The van der Waals surface area contributed by atoms with Crippen LogP contribution >= 0.6 is 0 Å². The second kappa shape index (κ2) is 10.8. The van der Waals surface area contributed by atoms with Gasteiger partial charge in [0.1, 0.15) is 23.7 Å². The molecule has 3 rings (SSSR count). The second-order valence-corrected chi connectivity index (χ2v) is 7.96. The van der Waals surface area contributed by atoms with Gasteiger partial charge in [-0.1, -0.05) is 11.6 Å². The van der Waals surface area contributed by atoms with E-state index in [1.54, 1.807) is 6.92 Å². The van der Waals surface area contributed by atoms with E-state index >= 15 is 0 Å². The van der Waals surface area contributed by atoms with Crippen LogP contribution in [-0.2, 0) is 25.4 Å². The van der Waals surface area contributed by atoms with Gasteiger partial charge in [0.15, 0.2) is 0 Å². The van der Waals surface area contributed by atoms with Crippen LogP contribution in [0.5, 0.6) is 11.5 Å². The van der Waals surface area contributed by atoms with Crippen LogP contribution in [0, 0.1) is 6.92 Å². The number of hydrogen-bond donors (Lipinski definition) is 2. The van der Waals surface area contributed by atoms with Gasteiger partial charge in [-0.2, -0.15) is 0 Å².